The fraction of sp³-hybridized carbons (Fsp3) is 0.429. The van der Waals surface area contributed by atoms with Gasteiger partial charge in [-0.15, -0.1) is 0 Å². The van der Waals surface area contributed by atoms with Crippen LogP contribution in [0, 0.1) is 10.1 Å². The first kappa shape index (κ1) is 21.3. The third-order valence-electron chi connectivity index (χ3n) is 5.15. The van der Waals surface area contributed by atoms with Gasteiger partial charge in [-0.1, -0.05) is 37.1 Å². The third-order valence-corrected chi connectivity index (χ3v) is 6.29. The lowest BCUT2D eigenvalue weighted by molar-refractivity contribution is -0.385. The van der Waals surface area contributed by atoms with Crippen molar-refractivity contribution in [2.45, 2.75) is 43.7 Å². The van der Waals surface area contributed by atoms with Crippen molar-refractivity contribution >= 4 is 21.2 Å². The Morgan fingerprint density at radius 1 is 1.03 bits per heavy atom. The van der Waals surface area contributed by atoms with Crippen LogP contribution in [0.15, 0.2) is 47.4 Å². The summed E-state index contributed by atoms with van der Waals surface area (Å²) in [6.07, 6.45) is 6.15. The normalized spacial score (nSPS) is 15.6. The van der Waals surface area contributed by atoms with E-state index in [1.165, 1.54) is 43.4 Å². The van der Waals surface area contributed by atoms with Gasteiger partial charge in [0.25, 0.3) is 5.69 Å². The molecule has 0 aromatic heterocycles. The molecule has 8 heteroatoms. The zero-order valence-electron chi connectivity index (χ0n) is 16.6. The average molecular weight is 418 g/mol. The molecule has 0 amide bonds. The van der Waals surface area contributed by atoms with Gasteiger partial charge in [-0.05, 0) is 43.1 Å². The lowest BCUT2D eigenvalue weighted by Crippen LogP contribution is -2.24. The summed E-state index contributed by atoms with van der Waals surface area (Å²) in [6, 6.07) is 12.1. The van der Waals surface area contributed by atoms with Crippen molar-refractivity contribution < 1.29 is 13.3 Å². The van der Waals surface area contributed by atoms with E-state index >= 15 is 0 Å². The SMILES string of the molecule is CS(=O)(=O)c1cc([N+](=O)[O-])ccc1NCc1cccc(CN2CCCCCC2)c1. The Hall–Kier alpha value is -2.45. The van der Waals surface area contributed by atoms with Gasteiger partial charge in [0.1, 0.15) is 0 Å². The lowest BCUT2D eigenvalue weighted by atomic mass is 10.1. The Morgan fingerprint density at radius 3 is 2.38 bits per heavy atom. The molecule has 1 heterocycles. The molecular weight excluding hydrogens is 390 g/mol. The molecule has 1 N–H and O–H groups in total. The van der Waals surface area contributed by atoms with Crippen LogP contribution in [0.1, 0.15) is 36.8 Å². The minimum Gasteiger partial charge on any atom is -0.380 e. The number of anilines is 1. The number of rotatable bonds is 7. The van der Waals surface area contributed by atoms with Crippen molar-refractivity contribution in [3.05, 3.63) is 63.7 Å². The maximum absolute atomic E-state index is 12.1. The first-order valence-corrected chi connectivity index (χ1v) is 11.7. The molecule has 29 heavy (non-hydrogen) atoms. The van der Waals surface area contributed by atoms with Crippen molar-refractivity contribution in [1.29, 1.82) is 0 Å². The summed E-state index contributed by atoms with van der Waals surface area (Å²) in [6.45, 7) is 3.61. The highest BCUT2D eigenvalue weighted by molar-refractivity contribution is 7.90. The molecule has 1 aliphatic rings. The zero-order valence-corrected chi connectivity index (χ0v) is 17.5. The predicted molar refractivity (Wildman–Crippen MR) is 114 cm³/mol. The number of hydrogen-bond donors (Lipinski definition) is 1. The van der Waals surface area contributed by atoms with Crippen LogP contribution in [0.5, 0.6) is 0 Å². The summed E-state index contributed by atoms with van der Waals surface area (Å²) in [5, 5.41) is 14.1. The van der Waals surface area contributed by atoms with Gasteiger partial charge >= 0.3 is 0 Å². The van der Waals surface area contributed by atoms with Gasteiger partial charge in [0.05, 0.1) is 15.5 Å². The van der Waals surface area contributed by atoms with Gasteiger partial charge < -0.3 is 5.32 Å². The van der Waals surface area contributed by atoms with Crippen LogP contribution in [0.2, 0.25) is 0 Å². The number of nitro benzene ring substituents is 1. The zero-order chi connectivity index (χ0) is 20.9. The number of nitrogens with one attached hydrogen (secondary N) is 1. The second-order valence-electron chi connectivity index (χ2n) is 7.57. The fourth-order valence-corrected chi connectivity index (χ4v) is 4.54. The van der Waals surface area contributed by atoms with Crippen molar-refractivity contribution in [3.63, 3.8) is 0 Å². The highest BCUT2D eigenvalue weighted by Gasteiger charge is 2.18. The lowest BCUT2D eigenvalue weighted by Gasteiger charge is -2.20. The summed E-state index contributed by atoms with van der Waals surface area (Å²) < 4.78 is 24.2. The van der Waals surface area contributed by atoms with Gasteiger partial charge in [0, 0.05) is 31.5 Å². The second kappa shape index (κ2) is 9.37. The summed E-state index contributed by atoms with van der Waals surface area (Å²) in [4.78, 5) is 12.8. The molecule has 2 aromatic rings. The Balaban J connectivity index is 1.72. The highest BCUT2D eigenvalue weighted by atomic mass is 32.2. The van der Waals surface area contributed by atoms with Gasteiger partial charge in [-0.2, -0.15) is 0 Å². The molecule has 7 nitrogen and oxygen atoms in total. The molecule has 1 saturated heterocycles. The predicted octanol–water partition coefficient (Wildman–Crippen LogP) is 3.99. The first-order valence-electron chi connectivity index (χ1n) is 9.85. The van der Waals surface area contributed by atoms with E-state index in [9.17, 15) is 18.5 Å². The van der Waals surface area contributed by atoms with Gasteiger partial charge in [0.15, 0.2) is 9.84 Å². The Kier molecular flexibility index (Phi) is 6.87. The Labute approximate surface area is 171 Å². The van der Waals surface area contributed by atoms with Crippen LogP contribution in [0.3, 0.4) is 0 Å². The van der Waals surface area contributed by atoms with Crippen molar-refractivity contribution in [2.75, 3.05) is 24.7 Å². The van der Waals surface area contributed by atoms with E-state index in [4.69, 9.17) is 0 Å². The number of likely N-dealkylation sites (tertiary alicyclic amines) is 1. The fourth-order valence-electron chi connectivity index (χ4n) is 3.67. The van der Waals surface area contributed by atoms with Crippen LogP contribution in [-0.2, 0) is 22.9 Å². The van der Waals surface area contributed by atoms with E-state index in [0.29, 0.717) is 12.2 Å². The van der Waals surface area contributed by atoms with Crippen molar-refractivity contribution in [1.82, 2.24) is 4.90 Å². The quantitative estimate of drug-likeness (QED) is 0.541. The van der Waals surface area contributed by atoms with Gasteiger partial charge in [-0.25, -0.2) is 8.42 Å². The third kappa shape index (κ3) is 6.01. The van der Waals surface area contributed by atoms with Crippen LogP contribution in [0.4, 0.5) is 11.4 Å². The Morgan fingerprint density at radius 2 is 1.72 bits per heavy atom. The van der Waals surface area contributed by atoms with Crippen molar-refractivity contribution in [2.24, 2.45) is 0 Å². The molecule has 1 fully saturated rings. The topological polar surface area (TPSA) is 92.5 Å². The van der Waals surface area contributed by atoms with Gasteiger partial charge in [0.2, 0.25) is 0 Å². The van der Waals surface area contributed by atoms with E-state index in [-0.39, 0.29) is 10.6 Å². The summed E-state index contributed by atoms with van der Waals surface area (Å²) in [7, 11) is -3.60. The van der Waals surface area contributed by atoms with Crippen LogP contribution in [-0.4, -0.2) is 37.6 Å². The molecule has 0 atom stereocenters. The molecule has 0 unspecified atom stereocenters. The summed E-state index contributed by atoms with van der Waals surface area (Å²) in [5.41, 5.74) is 2.40. The van der Waals surface area contributed by atoms with Crippen molar-refractivity contribution in [3.8, 4) is 0 Å². The van der Waals surface area contributed by atoms with Crippen LogP contribution in [0.25, 0.3) is 0 Å². The van der Waals surface area contributed by atoms with Crippen LogP contribution < -0.4 is 5.32 Å². The average Bonchev–Trinajstić information content (AvgIpc) is 2.94. The minimum atomic E-state index is -3.60. The van der Waals surface area contributed by atoms with E-state index in [2.05, 4.69) is 22.3 Å². The molecule has 3 rings (SSSR count). The number of hydrogen-bond acceptors (Lipinski definition) is 6. The van der Waals surface area contributed by atoms with E-state index < -0.39 is 14.8 Å². The summed E-state index contributed by atoms with van der Waals surface area (Å²) in [5.74, 6) is 0. The molecule has 1 aliphatic heterocycles. The number of non-ortho nitro benzene ring substituents is 1. The molecule has 0 spiro atoms. The number of benzene rings is 2. The number of sulfone groups is 1. The smallest absolute Gasteiger partial charge is 0.270 e. The maximum atomic E-state index is 12.1. The van der Waals surface area contributed by atoms with E-state index in [0.717, 1.165) is 37.5 Å². The number of nitro groups is 1. The molecule has 0 aliphatic carbocycles. The second-order valence-corrected chi connectivity index (χ2v) is 9.56. The standard InChI is InChI=1S/C21H27N3O4S/c1-29(27,28)21-14-19(24(25)26)9-10-20(21)22-15-17-7-6-8-18(13-17)16-23-11-4-2-3-5-12-23/h6-10,13-14,22H,2-5,11-12,15-16H2,1H3. The van der Waals surface area contributed by atoms with E-state index in [1.807, 2.05) is 12.1 Å². The molecular formula is C21H27N3O4S. The van der Waals surface area contributed by atoms with E-state index in [1.54, 1.807) is 0 Å². The minimum absolute atomic E-state index is 0.0626. The molecule has 2 aromatic carbocycles. The highest BCUT2D eigenvalue weighted by Crippen LogP contribution is 2.27. The molecule has 0 radical (unpaired) electrons. The molecule has 0 bridgehead atoms. The summed E-state index contributed by atoms with van der Waals surface area (Å²) >= 11 is 0. The Bertz CT molecular complexity index is 968. The monoisotopic (exact) mass is 417 g/mol. The largest absolute Gasteiger partial charge is 0.380 e. The molecule has 156 valence electrons. The van der Waals surface area contributed by atoms with Gasteiger partial charge in [-0.3, -0.25) is 15.0 Å². The first-order chi connectivity index (χ1) is 13.8. The maximum Gasteiger partial charge on any atom is 0.270 e. The number of nitrogens with zero attached hydrogens (tertiary/aromatic N) is 2. The van der Waals surface area contributed by atoms with Crippen LogP contribution >= 0.6 is 0 Å². The molecule has 0 saturated carbocycles.